The fraction of sp³-hybridized carbons (Fsp3) is 0.357. The summed E-state index contributed by atoms with van der Waals surface area (Å²) in [6.45, 7) is 2.91. The molecule has 3 nitrogen and oxygen atoms in total. The minimum absolute atomic E-state index is 0.00343. The first-order chi connectivity index (χ1) is 8.81. The molecule has 0 saturated heterocycles. The first kappa shape index (κ1) is 11.5. The molecule has 18 heavy (non-hydrogen) atoms. The highest BCUT2D eigenvalue weighted by molar-refractivity contribution is 7.10. The van der Waals surface area contributed by atoms with Gasteiger partial charge in [0.1, 0.15) is 0 Å². The van der Waals surface area contributed by atoms with E-state index in [0.29, 0.717) is 5.76 Å². The van der Waals surface area contributed by atoms with Gasteiger partial charge in [-0.25, -0.2) is 0 Å². The van der Waals surface area contributed by atoms with E-state index in [1.807, 2.05) is 4.90 Å². The Morgan fingerprint density at radius 3 is 3.17 bits per heavy atom. The van der Waals surface area contributed by atoms with E-state index in [4.69, 9.17) is 4.42 Å². The van der Waals surface area contributed by atoms with Crippen molar-refractivity contribution in [2.24, 2.45) is 0 Å². The predicted molar refractivity (Wildman–Crippen MR) is 70.8 cm³/mol. The monoisotopic (exact) mass is 261 g/mol. The highest BCUT2D eigenvalue weighted by atomic mass is 32.1. The minimum atomic E-state index is 0.00343. The zero-order chi connectivity index (χ0) is 12.5. The van der Waals surface area contributed by atoms with E-state index in [-0.39, 0.29) is 11.9 Å². The Balaban J connectivity index is 1.92. The van der Waals surface area contributed by atoms with Gasteiger partial charge < -0.3 is 9.32 Å². The Morgan fingerprint density at radius 2 is 2.44 bits per heavy atom. The standard InChI is InChI=1S/C14H15NO2S/c1-2-11-10-6-9-18-13(10)5-7-15(11)14(16)12-4-3-8-17-12/h3-4,6,8-9,11H,2,5,7H2,1H3/t11-/m0/s1. The van der Waals surface area contributed by atoms with Crippen molar-refractivity contribution in [3.8, 4) is 0 Å². The maximum atomic E-state index is 12.4. The molecule has 0 spiro atoms. The molecule has 1 aliphatic heterocycles. The first-order valence-electron chi connectivity index (χ1n) is 6.22. The number of fused-ring (bicyclic) bond motifs is 1. The summed E-state index contributed by atoms with van der Waals surface area (Å²) in [7, 11) is 0. The van der Waals surface area contributed by atoms with Gasteiger partial charge in [-0.15, -0.1) is 11.3 Å². The van der Waals surface area contributed by atoms with Crippen molar-refractivity contribution in [1.82, 2.24) is 4.90 Å². The van der Waals surface area contributed by atoms with Crippen LogP contribution in [-0.4, -0.2) is 17.4 Å². The van der Waals surface area contributed by atoms with Gasteiger partial charge in [0, 0.05) is 11.4 Å². The lowest BCUT2D eigenvalue weighted by Gasteiger charge is -2.34. The highest BCUT2D eigenvalue weighted by Crippen LogP contribution is 2.35. The van der Waals surface area contributed by atoms with Crippen molar-refractivity contribution in [3.05, 3.63) is 46.0 Å². The van der Waals surface area contributed by atoms with Crippen LogP contribution in [0.4, 0.5) is 0 Å². The van der Waals surface area contributed by atoms with Gasteiger partial charge in [0.15, 0.2) is 5.76 Å². The molecule has 3 rings (SSSR count). The smallest absolute Gasteiger partial charge is 0.290 e. The van der Waals surface area contributed by atoms with E-state index in [0.717, 1.165) is 19.4 Å². The molecule has 2 aromatic heterocycles. The molecule has 1 aliphatic rings. The van der Waals surface area contributed by atoms with Crippen molar-refractivity contribution in [2.75, 3.05) is 6.54 Å². The number of hydrogen-bond acceptors (Lipinski definition) is 3. The second-order valence-electron chi connectivity index (χ2n) is 4.45. The van der Waals surface area contributed by atoms with Gasteiger partial charge in [0.2, 0.25) is 0 Å². The Labute approximate surface area is 110 Å². The Hall–Kier alpha value is -1.55. The van der Waals surface area contributed by atoms with Crippen LogP contribution in [0.1, 0.15) is 40.4 Å². The van der Waals surface area contributed by atoms with Gasteiger partial charge in [-0.2, -0.15) is 0 Å². The van der Waals surface area contributed by atoms with Crippen LogP contribution >= 0.6 is 11.3 Å². The molecule has 0 fully saturated rings. The third-order valence-electron chi connectivity index (χ3n) is 3.47. The molecule has 0 aromatic carbocycles. The van der Waals surface area contributed by atoms with Crippen LogP contribution in [0.2, 0.25) is 0 Å². The molecule has 0 radical (unpaired) electrons. The van der Waals surface area contributed by atoms with Crippen LogP contribution in [0.15, 0.2) is 34.3 Å². The fourth-order valence-electron chi connectivity index (χ4n) is 2.62. The molecule has 0 N–H and O–H groups in total. The van der Waals surface area contributed by atoms with Gasteiger partial charge in [0.05, 0.1) is 12.3 Å². The summed E-state index contributed by atoms with van der Waals surface area (Å²) in [6, 6.07) is 5.83. The Kier molecular flexibility index (Phi) is 2.96. The maximum Gasteiger partial charge on any atom is 0.290 e. The van der Waals surface area contributed by atoms with Crippen LogP contribution in [0, 0.1) is 0 Å². The van der Waals surface area contributed by atoms with Crippen LogP contribution < -0.4 is 0 Å². The highest BCUT2D eigenvalue weighted by Gasteiger charge is 2.31. The van der Waals surface area contributed by atoms with E-state index >= 15 is 0 Å². The van der Waals surface area contributed by atoms with Crippen LogP contribution in [0.3, 0.4) is 0 Å². The molecule has 4 heteroatoms. The summed E-state index contributed by atoms with van der Waals surface area (Å²) in [5.74, 6) is 0.441. The van der Waals surface area contributed by atoms with Gasteiger partial charge in [-0.1, -0.05) is 6.92 Å². The summed E-state index contributed by atoms with van der Waals surface area (Å²) in [6.07, 6.45) is 3.44. The number of furan rings is 1. The number of nitrogens with zero attached hydrogens (tertiary/aromatic N) is 1. The van der Waals surface area contributed by atoms with E-state index in [1.54, 1.807) is 29.7 Å². The zero-order valence-electron chi connectivity index (χ0n) is 10.3. The average Bonchev–Trinajstić information content (AvgIpc) is 3.06. The average molecular weight is 261 g/mol. The van der Waals surface area contributed by atoms with E-state index < -0.39 is 0 Å². The van der Waals surface area contributed by atoms with Crippen LogP contribution in [0.25, 0.3) is 0 Å². The van der Waals surface area contributed by atoms with Crippen molar-refractivity contribution in [3.63, 3.8) is 0 Å². The Bertz CT molecular complexity index is 544. The molecule has 0 unspecified atom stereocenters. The normalized spacial score (nSPS) is 18.7. The SMILES string of the molecule is CC[C@H]1c2ccsc2CCN1C(=O)c1ccco1. The summed E-state index contributed by atoms with van der Waals surface area (Å²) >= 11 is 1.79. The quantitative estimate of drug-likeness (QED) is 0.829. The number of hydrogen-bond donors (Lipinski definition) is 0. The van der Waals surface area contributed by atoms with E-state index in [2.05, 4.69) is 18.4 Å². The zero-order valence-corrected chi connectivity index (χ0v) is 11.1. The number of amides is 1. The van der Waals surface area contributed by atoms with Gasteiger partial charge >= 0.3 is 0 Å². The van der Waals surface area contributed by atoms with Gasteiger partial charge in [-0.3, -0.25) is 4.79 Å². The molecule has 3 heterocycles. The largest absolute Gasteiger partial charge is 0.459 e. The van der Waals surface area contributed by atoms with E-state index in [9.17, 15) is 4.79 Å². The van der Waals surface area contributed by atoms with Gasteiger partial charge in [0.25, 0.3) is 5.91 Å². The van der Waals surface area contributed by atoms with Crippen LogP contribution in [-0.2, 0) is 6.42 Å². The molecular weight excluding hydrogens is 246 g/mol. The van der Waals surface area contributed by atoms with Crippen molar-refractivity contribution in [2.45, 2.75) is 25.8 Å². The first-order valence-corrected chi connectivity index (χ1v) is 7.10. The molecule has 94 valence electrons. The number of carbonyl (C=O) groups is 1. The summed E-state index contributed by atoms with van der Waals surface area (Å²) in [5, 5.41) is 2.12. The van der Waals surface area contributed by atoms with Crippen molar-refractivity contribution >= 4 is 17.2 Å². The third-order valence-corrected chi connectivity index (χ3v) is 4.47. The summed E-state index contributed by atoms with van der Waals surface area (Å²) in [4.78, 5) is 15.8. The Morgan fingerprint density at radius 1 is 1.56 bits per heavy atom. The second-order valence-corrected chi connectivity index (χ2v) is 5.45. The maximum absolute atomic E-state index is 12.4. The van der Waals surface area contributed by atoms with Crippen LogP contribution in [0.5, 0.6) is 0 Å². The predicted octanol–water partition coefficient (Wildman–Crippen LogP) is 3.49. The fourth-order valence-corrected chi connectivity index (χ4v) is 3.55. The molecule has 2 aromatic rings. The van der Waals surface area contributed by atoms with Crippen molar-refractivity contribution in [1.29, 1.82) is 0 Å². The molecule has 0 bridgehead atoms. The lowest BCUT2D eigenvalue weighted by Crippen LogP contribution is -2.39. The molecule has 0 aliphatic carbocycles. The summed E-state index contributed by atoms with van der Waals surface area (Å²) in [5.41, 5.74) is 1.31. The lowest BCUT2D eigenvalue weighted by atomic mass is 9.97. The van der Waals surface area contributed by atoms with Crippen molar-refractivity contribution < 1.29 is 9.21 Å². The summed E-state index contributed by atoms with van der Waals surface area (Å²) < 4.78 is 5.22. The minimum Gasteiger partial charge on any atom is -0.459 e. The second kappa shape index (κ2) is 4.61. The topological polar surface area (TPSA) is 33.5 Å². The molecule has 1 amide bonds. The lowest BCUT2D eigenvalue weighted by molar-refractivity contribution is 0.0624. The van der Waals surface area contributed by atoms with Gasteiger partial charge in [-0.05, 0) is 42.0 Å². The molecular formula is C14H15NO2S. The number of carbonyl (C=O) groups excluding carboxylic acids is 1. The molecule has 1 atom stereocenters. The molecule has 0 saturated carbocycles. The number of rotatable bonds is 2. The third kappa shape index (κ3) is 1.77. The number of thiophene rings is 1. The van der Waals surface area contributed by atoms with E-state index in [1.165, 1.54) is 10.4 Å².